The zero-order valence-electron chi connectivity index (χ0n) is 14.1. The third-order valence-corrected chi connectivity index (χ3v) is 5.43. The molecule has 4 rings (SSSR count). The van der Waals surface area contributed by atoms with Gasteiger partial charge in [-0.1, -0.05) is 0 Å². The van der Waals surface area contributed by atoms with Gasteiger partial charge in [-0.2, -0.15) is 0 Å². The number of aryl methyl sites for hydroxylation is 3. The molecule has 0 atom stereocenters. The van der Waals surface area contributed by atoms with Gasteiger partial charge >= 0.3 is 5.97 Å². The number of esters is 1. The lowest BCUT2D eigenvalue weighted by Crippen LogP contribution is -2.09. The molecule has 7 heteroatoms. The number of hydrogen-bond donors (Lipinski definition) is 0. The number of thiophene rings is 1. The van der Waals surface area contributed by atoms with Crippen LogP contribution in [0.1, 0.15) is 51.1 Å². The first-order chi connectivity index (χ1) is 12.1. The van der Waals surface area contributed by atoms with Crippen molar-refractivity contribution in [2.75, 3.05) is 0 Å². The number of nitrogens with zero attached hydrogens (tertiary/aromatic N) is 2. The van der Waals surface area contributed by atoms with Crippen molar-refractivity contribution in [3.63, 3.8) is 0 Å². The third-order valence-electron chi connectivity index (χ3n) is 4.35. The minimum absolute atomic E-state index is 0.0354. The minimum Gasteiger partial charge on any atom is -0.466 e. The van der Waals surface area contributed by atoms with E-state index in [2.05, 4.69) is 10.2 Å². The predicted molar refractivity (Wildman–Crippen MR) is 91.6 cm³/mol. The van der Waals surface area contributed by atoms with Crippen molar-refractivity contribution in [3.8, 4) is 11.5 Å². The number of furan rings is 1. The topological polar surface area (TPSA) is 78.4 Å². The van der Waals surface area contributed by atoms with Crippen LogP contribution in [-0.2, 0) is 24.2 Å². The summed E-state index contributed by atoms with van der Waals surface area (Å²) in [5, 5.41) is 9.85. The van der Waals surface area contributed by atoms with E-state index in [1.807, 2.05) is 25.3 Å². The summed E-state index contributed by atoms with van der Waals surface area (Å²) in [6.07, 6.45) is 4.33. The Hall–Kier alpha value is -2.41. The van der Waals surface area contributed by atoms with Crippen molar-refractivity contribution in [1.29, 1.82) is 0 Å². The predicted octanol–water partition coefficient (Wildman–Crippen LogP) is 4.24. The van der Waals surface area contributed by atoms with E-state index in [0.717, 1.165) is 41.9 Å². The average molecular weight is 358 g/mol. The summed E-state index contributed by atoms with van der Waals surface area (Å²) >= 11 is 1.64. The van der Waals surface area contributed by atoms with Crippen LogP contribution in [0.3, 0.4) is 0 Å². The molecule has 0 unspecified atom stereocenters. The number of rotatable bonds is 4. The molecule has 0 spiro atoms. The SMILES string of the molecule is Cc1cc(-c2nnc(COC(=O)c3csc4c3CCCC4)o2)c(C)o1. The Morgan fingerprint density at radius 3 is 2.88 bits per heavy atom. The fourth-order valence-electron chi connectivity index (χ4n) is 3.13. The zero-order chi connectivity index (χ0) is 17.4. The maximum absolute atomic E-state index is 12.4. The van der Waals surface area contributed by atoms with E-state index in [4.69, 9.17) is 13.6 Å². The highest BCUT2D eigenvalue weighted by Crippen LogP contribution is 2.31. The quantitative estimate of drug-likeness (QED) is 0.649. The molecule has 3 aromatic rings. The maximum atomic E-state index is 12.4. The van der Waals surface area contributed by atoms with E-state index in [9.17, 15) is 4.79 Å². The fraction of sp³-hybridized carbons (Fsp3) is 0.389. The highest BCUT2D eigenvalue weighted by Gasteiger charge is 2.22. The van der Waals surface area contributed by atoms with E-state index >= 15 is 0 Å². The molecule has 3 aromatic heterocycles. The summed E-state index contributed by atoms with van der Waals surface area (Å²) in [4.78, 5) is 13.7. The second kappa shape index (κ2) is 6.48. The van der Waals surface area contributed by atoms with Crippen LogP contribution in [0, 0.1) is 13.8 Å². The first kappa shape index (κ1) is 16.1. The molecule has 6 nitrogen and oxygen atoms in total. The van der Waals surface area contributed by atoms with Crippen LogP contribution < -0.4 is 0 Å². The Morgan fingerprint density at radius 1 is 1.24 bits per heavy atom. The second-order valence-electron chi connectivity index (χ2n) is 6.16. The lowest BCUT2D eigenvalue weighted by Gasteiger charge is -2.11. The normalized spacial score (nSPS) is 13.7. The number of fused-ring (bicyclic) bond motifs is 1. The number of carbonyl (C=O) groups excluding carboxylic acids is 1. The van der Waals surface area contributed by atoms with Crippen molar-refractivity contribution < 1.29 is 18.4 Å². The summed E-state index contributed by atoms with van der Waals surface area (Å²) in [7, 11) is 0. The Labute approximate surface area is 148 Å². The van der Waals surface area contributed by atoms with Crippen LogP contribution in [0.15, 0.2) is 20.3 Å². The monoisotopic (exact) mass is 358 g/mol. The average Bonchev–Trinajstić information content (AvgIpc) is 3.30. The molecular formula is C18H18N2O4S. The van der Waals surface area contributed by atoms with Gasteiger partial charge in [0, 0.05) is 10.3 Å². The van der Waals surface area contributed by atoms with Crippen LogP contribution in [0.4, 0.5) is 0 Å². The minimum atomic E-state index is -0.325. The molecule has 0 aromatic carbocycles. The Balaban J connectivity index is 1.44. The molecule has 25 heavy (non-hydrogen) atoms. The van der Waals surface area contributed by atoms with Gasteiger partial charge in [0.15, 0.2) is 6.61 Å². The van der Waals surface area contributed by atoms with Crippen molar-refractivity contribution in [2.24, 2.45) is 0 Å². The molecule has 0 radical (unpaired) electrons. The molecule has 1 aliphatic carbocycles. The summed E-state index contributed by atoms with van der Waals surface area (Å²) in [5.41, 5.74) is 2.59. The van der Waals surface area contributed by atoms with Gasteiger partial charge in [-0.3, -0.25) is 0 Å². The van der Waals surface area contributed by atoms with Gasteiger partial charge in [-0.25, -0.2) is 4.79 Å². The van der Waals surface area contributed by atoms with E-state index < -0.39 is 0 Å². The van der Waals surface area contributed by atoms with Crippen LogP contribution in [-0.4, -0.2) is 16.2 Å². The molecule has 0 N–H and O–H groups in total. The molecule has 0 aliphatic heterocycles. The molecule has 3 heterocycles. The number of aromatic nitrogens is 2. The lowest BCUT2D eigenvalue weighted by molar-refractivity contribution is 0.0438. The maximum Gasteiger partial charge on any atom is 0.339 e. The molecule has 0 saturated heterocycles. The standard InChI is InChI=1S/C18H18N2O4S/c1-10-7-13(11(2)23-10)17-20-19-16(24-17)8-22-18(21)14-9-25-15-6-4-3-5-12(14)15/h7,9H,3-6,8H2,1-2H3. The van der Waals surface area contributed by atoms with Gasteiger partial charge in [0.05, 0.1) is 11.1 Å². The van der Waals surface area contributed by atoms with Gasteiger partial charge in [0.25, 0.3) is 11.8 Å². The smallest absolute Gasteiger partial charge is 0.339 e. The largest absolute Gasteiger partial charge is 0.466 e. The molecular weight excluding hydrogens is 340 g/mol. The third kappa shape index (κ3) is 3.11. The van der Waals surface area contributed by atoms with Crippen molar-refractivity contribution in [2.45, 2.75) is 46.1 Å². The molecule has 0 fully saturated rings. The molecule has 1 aliphatic rings. The Morgan fingerprint density at radius 2 is 2.08 bits per heavy atom. The van der Waals surface area contributed by atoms with Crippen LogP contribution in [0.5, 0.6) is 0 Å². The lowest BCUT2D eigenvalue weighted by atomic mass is 9.96. The van der Waals surface area contributed by atoms with Gasteiger partial charge in [0.1, 0.15) is 11.5 Å². The summed E-state index contributed by atoms with van der Waals surface area (Å²) < 4.78 is 16.4. The highest BCUT2D eigenvalue weighted by molar-refractivity contribution is 7.10. The van der Waals surface area contributed by atoms with Gasteiger partial charge in [-0.05, 0) is 51.2 Å². The summed E-state index contributed by atoms with van der Waals surface area (Å²) in [6, 6.07) is 1.84. The molecule has 0 bridgehead atoms. The van der Waals surface area contributed by atoms with Crippen LogP contribution in [0.2, 0.25) is 0 Å². The van der Waals surface area contributed by atoms with Crippen LogP contribution in [0.25, 0.3) is 11.5 Å². The first-order valence-corrected chi connectivity index (χ1v) is 9.16. The van der Waals surface area contributed by atoms with Crippen molar-refractivity contribution >= 4 is 17.3 Å². The fourth-order valence-corrected chi connectivity index (χ4v) is 4.25. The molecule has 0 saturated carbocycles. The van der Waals surface area contributed by atoms with Crippen molar-refractivity contribution in [3.05, 3.63) is 44.9 Å². The van der Waals surface area contributed by atoms with Gasteiger partial charge in [-0.15, -0.1) is 21.5 Å². The van der Waals surface area contributed by atoms with E-state index in [1.54, 1.807) is 11.3 Å². The number of hydrogen-bond acceptors (Lipinski definition) is 7. The van der Waals surface area contributed by atoms with Gasteiger partial charge < -0.3 is 13.6 Å². The van der Waals surface area contributed by atoms with Gasteiger partial charge in [0.2, 0.25) is 0 Å². The van der Waals surface area contributed by atoms with E-state index in [1.165, 1.54) is 11.3 Å². The number of carbonyl (C=O) groups is 1. The Kier molecular flexibility index (Phi) is 4.17. The van der Waals surface area contributed by atoms with E-state index in [-0.39, 0.29) is 18.5 Å². The van der Waals surface area contributed by atoms with Crippen LogP contribution >= 0.6 is 11.3 Å². The summed E-state index contributed by atoms with van der Waals surface area (Å²) in [6.45, 7) is 3.66. The zero-order valence-corrected chi connectivity index (χ0v) is 14.9. The second-order valence-corrected chi connectivity index (χ2v) is 7.13. The first-order valence-electron chi connectivity index (χ1n) is 8.28. The molecule has 0 amide bonds. The van der Waals surface area contributed by atoms with E-state index in [0.29, 0.717) is 11.5 Å². The number of ether oxygens (including phenoxy) is 1. The van der Waals surface area contributed by atoms with Crippen molar-refractivity contribution in [1.82, 2.24) is 10.2 Å². The Bertz CT molecular complexity index is 922. The highest BCUT2D eigenvalue weighted by atomic mass is 32.1. The molecule has 130 valence electrons. The summed E-state index contributed by atoms with van der Waals surface area (Å²) in [5.74, 6) is 1.81.